The summed E-state index contributed by atoms with van der Waals surface area (Å²) in [6.07, 6.45) is 0. The molecule has 1 N–H and O–H groups in total. The van der Waals surface area contributed by atoms with Gasteiger partial charge in [0.25, 0.3) is 0 Å². The Kier molecular flexibility index (Phi) is 4.36. The molecule has 30 heavy (non-hydrogen) atoms. The second kappa shape index (κ2) is 7.07. The second-order valence-electron chi connectivity index (χ2n) is 8.78. The SMILES string of the molecule is CC(C)(C)c1ccc(Nc2cccc3c2oc2ccccc23)c(-c2ccccc2)c1. The van der Waals surface area contributed by atoms with E-state index >= 15 is 0 Å². The van der Waals surface area contributed by atoms with Crippen LogP contribution in [0.25, 0.3) is 33.1 Å². The van der Waals surface area contributed by atoms with E-state index in [0.29, 0.717) is 0 Å². The predicted octanol–water partition coefficient (Wildman–Crippen LogP) is 8.29. The van der Waals surface area contributed by atoms with Gasteiger partial charge in [0.05, 0.1) is 5.69 Å². The van der Waals surface area contributed by atoms with E-state index in [2.05, 4.69) is 105 Å². The van der Waals surface area contributed by atoms with Crippen molar-refractivity contribution in [1.82, 2.24) is 0 Å². The van der Waals surface area contributed by atoms with Crippen molar-refractivity contribution in [1.29, 1.82) is 0 Å². The molecular formula is C28H25NO. The minimum absolute atomic E-state index is 0.0841. The van der Waals surface area contributed by atoms with Crippen molar-refractivity contribution in [3.8, 4) is 11.1 Å². The van der Waals surface area contributed by atoms with Crippen LogP contribution in [0.4, 0.5) is 11.4 Å². The average molecular weight is 392 g/mol. The van der Waals surface area contributed by atoms with Gasteiger partial charge >= 0.3 is 0 Å². The molecule has 0 aliphatic heterocycles. The summed E-state index contributed by atoms with van der Waals surface area (Å²) < 4.78 is 6.22. The summed E-state index contributed by atoms with van der Waals surface area (Å²) in [6.45, 7) is 6.75. The molecule has 0 amide bonds. The topological polar surface area (TPSA) is 25.2 Å². The van der Waals surface area contributed by atoms with Crippen LogP contribution >= 0.6 is 0 Å². The quantitative estimate of drug-likeness (QED) is 0.334. The number of hydrogen-bond acceptors (Lipinski definition) is 2. The second-order valence-corrected chi connectivity index (χ2v) is 8.78. The Morgan fingerprint density at radius 1 is 0.667 bits per heavy atom. The molecule has 0 saturated carbocycles. The molecule has 5 aromatic rings. The molecule has 0 aliphatic carbocycles. The molecule has 0 atom stereocenters. The Hall–Kier alpha value is -3.52. The third kappa shape index (κ3) is 3.25. The zero-order chi connectivity index (χ0) is 20.7. The van der Waals surface area contributed by atoms with Crippen LogP contribution in [0.2, 0.25) is 0 Å². The molecule has 0 unspecified atom stereocenters. The highest BCUT2D eigenvalue weighted by Gasteiger charge is 2.17. The summed E-state index contributed by atoms with van der Waals surface area (Å²) in [5, 5.41) is 5.93. The molecule has 5 rings (SSSR count). The Labute approximate surface area is 177 Å². The standard InChI is InChI=1S/C28H25NO/c1-28(2,3)20-16-17-24(23(18-20)19-10-5-4-6-11-19)29-25-14-9-13-22-21-12-7-8-15-26(21)30-27(22)25/h4-18,29H,1-3H3. The van der Waals surface area contributed by atoms with Crippen LogP contribution in [0.5, 0.6) is 0 Å². The van der Waals surface area contributed by atoms with Crippen molar-refractivity contribution in [2.45, 2.75) is 26.2 Å². The normalized spacial score (nSPS) is 11.8. The van der Waals surface area contributed by atoms with Crippen LogP contribution in [0, 0.1) is 0 Å². The predicted molar refractivity (Wildman–Crippen MR) is 128 cm³/mol. The lowest BCUT2D eigenvalue weighted by atomic mass is 9.85. The summed E-state index contributed by atoms with van der Waals surface area (Å²) >= 11 is 0. The van der Waals surface area contributed by atoms with E-state index in [9.17, 15) is 0 Å². The molecule has 4 aromatic carbocycles. The Balaban J connectivity index is 1.66. The van der Waals surface area contributed by atoms with Crippen LogP contribution in [-0.4, -0.2) is 0 Å². The maximum atomic E-state index is 6.22. The van der Waals surface area contributed by atoms with Crippen molar-refractivity contribution in [3.63, 3.8) is 0 Å². The number of hydrogen-bond donors (Lipinski definition) is 1. The Bertz CT molecular complexity index is 1340. The van der Waals surface area contributed by atoms with E-state index in [1.165, 1.54) is 16.7 Å². The van der Waals surface area contributed by atoms with Gasteiger partial charge in [-0.15, -0.1) is 0 Å². The number of para-hydroxylation sites is 2. The fraction of sp³-hybridized carbons (Fsp3) is 0.143. The lowest BCUT2D eigenvalue weighted by Crippen LogP contribution is -2.11. The smallest absolute Gasteiger partial charge is 0.158 e. The van der Waals surface area contributed by atoms with Crippen molar-refractivity contribution in [2.75, 3.05) is 5.32 Å². The minimum Gasteiger partial charge on any atom is -0.454 e. The van der Waals surface area contributed by atoms with Gasteiger partial charge in [0.15, 0.2) is 5.58 Å². The van der Waals surface area contributed by atoms with E-state index in [0.717, 1.165) is 33.3 Å². The summed E-state index contributed by atoms with van der Waals surface area (Å²) in [5.41, 5.74) is 7.63. The number of anilines is 2. The molecule has 2 heteroatoms. The van der Waals surface area contributed by atoms with Gasteiger partial charge in [-0.25, -0.2) is 0 Å². The van der Waals surface area contributed by atoms with Crippen LogP contribution in [0.3, 0.4) is 0 Å². The van der Waals surface area contributed by atoms with Crippen molar-refractivity contribution >= 4 is 33.3 Å². The molecule has 148 valence electrons. The number of rotatable bonds is 3. The highest BCUT2D eigenvalue weighted by Crippen LogP contribution is 2.38. The van der Waals surface area contributed by atoms with E-state index < -0.39 is 0 Å². The van der Waals surface area contributed by atoms with Gasteiger partial charge in [0, 0.05) is 22.0 Å². The van der Waals surface area contributed by atoms with Gasteiger partial charge in [-0.05, 0) is 40.8 Å². The first-order chi connectivity index (χ1) is 14.5. The maximum absolute atomic E-state index is 6.22. The molecule has 0 saturated heterocycles. The first-order valence-electron chi connectivity index (χ1n) is 10.4. The van der Waals surface area contributed by atoms with E-state index in [1.807, 2.05) is 12.1 Å². The highest BCUT2D eigenvalue weighted by atomic mass is 16.3. The molecule has 2 nitrogen and oxygen atoms in total. The number of nitrogens with one attached hydrogen (secondary N) is 1. The van der Waals surface area contributed by atoms with Crippen molar-refractivity contribution < 1.29 is 4.42 Å². The molecule has 0 bridgehead atoms. The van der Waals surface area contributed by atoms with Gasteiger partial charge in [-0.1, -0.05) is 87.5 Å². The van der Waals surface area contributed by atoms with Crippen LogP contribution < -0.4 is 5.32 Å². The van der Waals surface area contributed by atoms with Gasteiger partial charge in [-0.3, -0.25) is 0 Å². The van der Waals surface area contributed by atoms with E-state index in [4.69, 9.17) is 4.42 Å². The largest absolute Gasteiger partial charge is 0.454 e. The zero-order valence-electron chi connectivity index (χ0n) is 17.6. The van der Waals surface area contributed by atoms with Gasteiger partial charge in [-0.2, -0.15) is 0 Å². The zero-order valence-corrected chi connectivity index (χ0v) is 17.6. The monoisotopic (exact) mass is 391 g/mol. The number of fused-ring (bicyclic) bond motifs is 3. The third-order valence-electron chi connectivity index (χ3n) is 5.64. The first kappa shape index (κ1) is 18.5. The lowest BCUT2D eigenvalue weighted by Gasteiger charge is -2.22. The molecule has 1 heterocycles. The molecular weight excluding hydrogens is 366 g/mol. The molecule has 0 aliphatic rings. The number of furan rings is 1. The highest BCUT2D eigenvalue weighted by molar-refractivity contribution is 6.09. The summed E-state index contributed by atoms with van der Waals surface area (Å²) in [5.74, 6) is 0. The average Bonchev–Trinajstić information content (AvgIpc) is 3.14. The van der Waals surface area contributed by atoms with Crippen molar-refractivity contribution in [3.05, 3.63) is 96.6 Å². The van der Waals surface area contributed by atoms with Crippen molar-refractivity contribution in [2.24, 2.45) is 0 Å². The summed E-state index contributed by atoms with van der Waals surface area (Å²) in [6, 6.07) is 31.7. The summed E-state index contributed by atoms with van der Waals surface area (Å²) in [4.78, 5) is 0. The molecule has 0 fully saturated rings. The third-order valence-corrected chi connectivity index (χ3v) is 5.64. The van der Waals surface area contributed by atoms with Crippen LogP contribution in [0.1, 0.15) is 26.3 Å². The Morgan fingerprint density at radius 2 is 1.40 bits per heavy atom. The lowest BCUT2D eigenvalue weighted by molar-refractivity contribution is 0.590. The Morgan fingerprint density at radius 3 is 2.20 bits per heavy atom. The molecule has 0 spiro atoms. The fourth-order valence-corrected chi connectivity index (χ4v) is 3.97. The number of benzene rings is 4. The van der Waals surface area contributed by atoms with E-state index in [1.54, 1.807) is 0 Å². The summed E-state index contributed by atoms with van der Waals surface area (Å²) in [7, 11) is 0. The molecule has 1 aromatic heterocycles. The first-order valence-corrected chi connectivity index (χ1v) is 10.4. The van der Waals surface area contributed by atoms with Crippen LogP contribution in [-0.2, 0) is 5.41 Å². The van der Waals surface area contributed by atoms with Gasteiger partial charge < -0.3 is 9.73 Å². The fourth-order valence-electron chi connectivity index (χ4n) is 3.97. The minimum atomic E-state index is 0.0841. The van der Waals surface area contributed by atoms with E-state index in [-0.39, 0.29) is 5.41 Å². The molecule has 0 radical (unpaired) electrons. The van der Waals surface area contributed by atoms with Gasteiger partial charge in [0.1, 0.15) is 5.58 Å². The maximum Gasteiger partial charge on any atom is 0.158 e. The van der Waals surface area contributed by atoms with Gasteiger partial charge in [0.2, 0.25) is 0 Å². The van der Waals surface area contributed by atoms with Crippen LogP contribution in [0.15, 0.2) is 95.4 Å².